The van der Waals surface area contributed by atoms with Crippen LogP contribution in [0.5, 0.6) is 0 Å². The number of nitrogens with zero attached hydrogens (tertiary/aromatic N) is 4. The number of ether oxygens (including phenoxy) is 1. The number of hydrogen-bond donors (Lipinski definition) is 1. The second-order valence-electron chi connectivity index (χ2n) is 6.53. The second-order valence-corrected chi connectivity index (χ2v) is 6.93. The molecule has 1 saturated heterocycles. The van der Waals surface area contributed by atoms with Crippen molar-refractivity contribution in [1.29, 1.82) is 0 Å². The molecule has 0 amide bonds. The number of carbonyl (C=O) groups excluding carboxylic acids is 1. The van der Waals surface area contributed by atoms with Crippen LogP contribution >= 0.6 is 11.6 Å². The Labute approximate surface area is 166 Å². The molecule has 0 unspecified atom stereocenters. The van der Waals surface area contributed by atoms with Gasteiger partial charge in [-0.1, -0.05) is 17.7 Å². The molecule has 0 radical (unpaired) electrons. The zero-order valence-corrected chi connectivity index (χ0v) is 16.3. The van der Waals surface area contributed by atoms with E-state index in [4.69, 9.17) is 16.3 Å². The van der Waals surface area contributed by atoms with Crippen molar-refractivity contribution in [1.82, 2.24) is 9.97 Å². The average molecular weight is 406 g/mol. The van der Waals surface area contributed by atoms with Crippen molar-refractivity contribution in [3.05, 3.63) is 45.2 Å². The smallest absolute Gasteiger partial charge is 0.353 e. The van der Waals surface area contributed by atoms with Gasteiger partial charge in [-0.2, -0.15) is 0 Å². The number of nitrogens with one attached hydrogen (secondary N) is 1. The highest BCUT2D eigenvalue weighted by Crippen LogP contribution is 2.36. The largest absolute Gasteiger partial charge is 0.469 e. The summed E-state index contributed by atoms with van der Waals surface area (Å²) in [4.78, 5) is 33.0. The number of halogens is 1. The molecule has 2 aromatic rings. The second kappa shape index (κ2) is 8.39. The number of rotatable bonds is 5. The maximum atomic E-state index is 11.8. The number of esters is 1. The Morgan fingerprint density at radius 2 is 2.07 bits per heavy atom. The number of aromatic nitrogens is 2. The topological polar surface area (TPSA) is 110 Å². The third kappa shape index (κ3) is 4.14. The molecular weight excluding hydrogens is 386 g/mol. The molecule has 0 aliphatic carbocycles. The summed E-state index contributed by atoms with van der Waals surface area (Å²) in [5, 5.41) is 15.3. The summed E-state index contributed by atoms with van der Waals surface area (Å²) in [5.41, 5.74) is 1.28. The fourth-order valence-electron chi connectivity index (χ4n) is 3.16. The van der Waals surface area contributed by atoms with E-state index in [1.54, 1.807) is 17.0 Å². The molecule has 10 heteroatoms. The summed E-state index contributed by atoms with van der Waals surface area (Å²) in [6.45, 7) is 2.80. The van der Waals surface area contributed by atoms with Gasteiger partial charge in [0.15, 0.2) is 0 Å². The number of anilines is 3. The lowest BCUT2D eigenvalue weighted by Crippen LogP contribution is -2.37. The van der Waals surface area contributed by atoms with Gasteiger partial charge in [0.1, 0.15) is 6.33 Å². The van der Waals surface area contributed by atoms with E-state index in [0.717, 1.165) is 5.56 Å². The molecule has 1 aliphatic heterocycles. The first-order valence-electron chi connectivity index (χ1n) is 8.76. The molecule has 148 valence electrons. The van der Waals surface area contributed by atoms with E-state index in [2.05, 4.69) is 15.3 Å². The van der Waals surface area contributed by atoms with Gasteiger partial charge in [0.05, 0.1) is 18.0 Å². The summed E-state index contributed by atoms with van der Waals surface area (Å²) in [6.07, 6.45) is 2.38. The number of piperidine rings is 1. The summed E-state index contributed by atoms with van der Waals surface area (Å²) in [7, 11) is 1.36. The van der Waals surface area contributed by atoms with Crippen LogP contribution in [0.4, 0.5) is 23.0 Å². The van der Waals surface area contributed by atoms with Crippen LogP contribution in [0, 0.1) is 23.0 Å². The van der Waals surface area contributed by atoms with Gasteiger partial charge in [0.2, 0.25) is 11.6 Å². The SMILES string of the molecule is COC(=O)C1CCN(c2ncnc(Nc3ccc(C)c(Cl)c3)c2[N+](=O)[O-])CC1. The van der Waals surface area contributed by atoms with Crippen molar-refractivity contribution in [2.24, 2.45) is 5.92 Å². The summed E-state index contributed by atoms with van der Waals surface area (Å²) >= 11 is 6.13. The third-order valence-corrected chi connectivity index (χ3v) is 5.16. The van der Waals surface area contributed by atoms with Crippen LogP contribution in [0.15, 0.2) is 24.5 Å². The maximum absolute atomic E-state index is 11.8. The number of carbonyl (C=O) groups is 1. The van der Waals surface area contributed by atoms with Crippen molar-refractivity contribution >= 4 is 40.6 Å². The van der Waals surface area contributed by atoms with Gasteiger partial charge < -0.3 is 15.0 Å². The lowest BCUT2D eigenvalue weighted by Gasteiger charge is -2.31. The molecule has 9 nitrogen and oxygen atoms in total. The molecule has 1 aliphatic rings. The summed E-state index contributed by atoms with van der Waals surface area (Å²) < 4.78 is 4.78. The average Bonchev–Trinajstić information content (AvgIpc) is 2.70. The molecule has 1 aromatic heterocycles. The molecule has 1 N–H and O–H groups in total. The molecule has 1 aromatic carbocycles. The van der Waals surface area contributed by atoms with Crippen LogP contribution in [-0.4, -0.2) is 41.1 Å². The fraction of sp³-hybridized carbons (Fsp3) is 0.389. The van der Waals surface area contributed by atoms with Crippen LogP contribution in [0.1, 0.15) is 18.4 Å². The molecule has 0 spiro atoms. The minimum atomic E-state index is -0.500. The van der Waals surface area contributed by atoms with Crippen LogP contribution in [0.3, 0.4) is 0 Å². The number of methoxy groups -OCH3 is 1. The first-order valence-corrected chi connectivity index (χ1v) is 9.14. The van der Waals surface area contributed by atoms with E-state index in [1.807, 2.05) is 13.0 Å². The van der Waals surface area contributed by atoms with E-state index in [1.165, 1.54) is 13.4 Å². The molecule has 0 saturated carbocycles. The van der Waals surface area contributed by atoms with Gasteiger partial charge >= 0.3 is 11.7 Å². The lowest BCUT2D eigenvalue weighted by molar-refractivity contribution is -0.383. The van der Waals surface area contributed by atoms with Gasteiger partial charge in [0, 0.05) is 23.8 Å². The highest BCUT2D eigenvalue weighted by atomic mass is 35.5. The Balaban J connectivity index is 1.87. The maximum Gasteiger partial charge on any atom is 0.353 e. The van der Waals surface area contributed by atoms with Crippen molar-refractivity contribution in [3.8, 4) is 0 Å². The Hall–Kier alpha value is -2.94. The van der Waals surface area contributed by atoms with Gasteiger partial charge in [0.25, 0.3) is 0 Å². The molecular formula is C18H20ClN5O4. The summed E-state index contributed by atoms with van der Waals surface area (Å²) in [6, 6.07) is 5.27. The predicted molar refractivity (Wildman–Crippen MR) is 105 cm³/mol. The standard InChI is InChI=1S/C18H20ClN5O4/c1-11-3-4-13(9-14(11)19)22-16-15(24(26)27)17(21-10-20-16)23-7-5-12(6-8-23)18(25)28-2/h3-4,9-10,12H,5-8H2,1-2H3,(H,20,21,22). The van der Waals surface area contributed by atoms with Gasteiger partial charge in [-0.05, 0) is 37.5 Å². The number of aryl methyl sites for hydroxylation is 1. The van der Waals surface area contributed by atoms with E-state index in [9.17, 15) is 14.9 Å². The summed E-state index contributed by atoms with van der Waals surface area (Å²) in [5.74, 6) is -0.140. The Kier molecular flexibility index (Phi) is 5.93. The third-order valence-electron chi connectivity index (χ3n) is 4.75. The zero-order valence-electron chi connectivity index (χ0n) is 15.5. The highest BCUT2D eigenvalue weighted by molar-refractivity contribution is 6.31. The minimum Gasteiger partial charge on any atom is -0.469 e. The highest BCUT2D eigenvalue weighted by Gasteiger charge is 2.32. The van der Waals surface area contributed by atoms with Crippen LogP contribution in [-0.2, 0) is 9.53 Å². The molecule has 1 fully saturated rings. The number of hydrogen-bond acceptors (Lipinski definition) is 8. The van der Waals surface area contributed by atoms with Crippen LogP contribution in [0.2, 0.25) is 5.02 Å². The predicted octanol–water partition coefficient (Wildman–Crippen LogP) is 3.48. The van der Waals surface area contributed by atoms with E-state index < -0.39 is 4.92 Å². The Bertz CT molecular complexity index is 900. The van der Waals surface area contributed by atoms with E-state index in [0.29, 0.717) is 36.6 Å². The lowest BCUT2D eigenvalue weighted by atomic mass is 9.97. The zero-order chi connectivity index (χ0) is 20.3. The van der Waals surface area contributed by atoms with Gasteiger partial charge in [-0.25, -0.2) is 9.97 Å². The molecule has 28 heavy (non-hydrogen) atoms. The monoisotopic (exact) mass is 405 g/mol. The first-order chi connectivity index (χ1) is 13.4. The van der Waals surface area contributed by atoms with Crippen molar-refractivity contribution in [2.75, 3.05) is 30.4 Å². The van der Waals surface area contributed by atoms with E-state index >= 15 is 0 Å². The molecule has 2 heterocycles. The van der Waals surface area contributed by atoms with Gasteiger partial charge in [-0.3, -0.25) is 14.9 Å². The minimum absolute atomic E-state index is 0.0880. The number of benzene rings is 1. The van der Waals surface area contributed by atoms with Crippen LogP contribution < -0.4 is 10.2 Å². The molecule has 0 atom stereocenters. The normalized spacial score (nSPS) is 14.6. The van der Waals surface area contributed by atoms with Crippen molar-refractivity contribution in [2.45, 2.75) is 19.8 Å². The van der Waals surface area contributed by atoms with E-state index in [-0.39, 0.29) is 29.2 Å². The Morgan fingerprint density at radius 1 is 1.36 bits per heavy atom. The first kappa shape index (κ1) is 19.8. The molecule has 3 rings (SSSR count). The van der Waals surface area contributed by atoms with Crippen molar-refractivity contribution < 1.29 is 14.5 Å². The van der Waals surface area contributed by atoms with Crippen molar-refractivity contribution in [3.63, 3.8) is 0 Å². The molecule has 0 bridgehead atoms. The number of nitro groups is 1. The Morgan fingerprint density at radius 3 is 2.68 bits per heavy atom. The quantitative estimate of drug-likeness (QED) is 0.457. The fourth-order valence-corrected chi connectivity index (χ4v) is 3.34. The van der Waals surface area contributed by atoms with Gasteiger partial charge in [-0.15, -0.1) is 0 Å². The van der Waals surface area contributed by atoms with Crippen LogP contribution in [0.25, 0.3) is 0 Å².